The number of para-hydroxylation sites is 2. The van der Waals surface area contributed by atoms with Gasteiger partial charge in [-0.3, -0.25) is 9.59 Å². The average Bonchev–Trinajstić information content (AvgIpc) is 3.38. The van der Waals surface area contributed by atoms with Crippen LogP contribution < -0.4 is 20.1 Å². The summed E-state index contributed by atoms with van der Waals surface area (Å²) >= 11 is 1.15. The Labute approximate surface area is 181 Å². The number of fused-ring (bicyclic) bond motifs is 2. The Hall–Kier alpha value is -3.53. The summed E-state index contributed by atoms with van der Waals surface area (Å²) in [6.07, 6.45) is -0.199. The molecule has 2 aromatic carbocycles. The number of hydrogen-bond acceptors (Lipinski definition) is 8. The molecule has 2 atom stereocenters. The van der Waals surface area contributed by atoms with Gasteiger partial charge in [0.1, 0.15) is 6.61 Å². The van der Waals surface area contributed by atoms with Crippen LogP contribution in [0.2, 0.25) is 0 Å². The molecule has 3 heterocycles. The molecule has 10 heteroatoms. The molecule has 3 aromatic rings. The highest BCUT2D eigenvalue weighted by molar-refractivity contribution is 8.00. The van der Waals surface area contributed by atoms with E-state index in [0.29, 0.717) is 29.5 Å². The standard InChI is InChI=1S/C21H18N4O5S/c1-11(19(27)22-13-6-7-14-12(8-13)9-18(26)23-14)31-21-25-24-20(30-21)17-10-28-15-4-2-3-5-16(15)29-17/h2-8,11,17H,9-10H2,1H3,(H,22,27)(H,23,26)/t11-,17+/m0/s1. The van der Waals surface area contributed by atoms with Crippen LogP contribution in [-0.2, 0) is 16.0 Å². The summed E-state index contributed by atoms with van der Waals surface area (Å²) < 4.78 is 17.2. The lowest BCUT2D eigenvalue weighted by molar-refractivity contribution is -0.116. The molecule has 0 radical (unpaired) electrons. The van der Waals surface area contributed by atoms with E-state index in [1.165, 1.54) is 0 Å². The third kappa shape index (κ3) is 4.06. The third-order valence-corrected chi connectivity index (χ3v) is 5.79. The van der Waals surface area contributed by atoms with Crippen molar-refractivity contribution in [2.45, 2.75) is 29.9 Å². The monoisotopic (exact) mass is 438 g/mol. The molecule has 0 bridgehead atoms. The van der Waals surface area contributed by atoms with E-state index in [1.54, 1.807) is 25.1 Å². The van der Waals surface area contributed by atoms with E-state index in [2.05, 4.69) is 20.8 Å². The SMILES string of the molecule is C[C@H](Sc1nnc([C@H]2COc3ccccc3O2)o1)C(=O)Nc1ccc2c(c1)CC(=O)N2. The second-order valence-electron chi connectivity index (χ2n) is 7.12. The van der Waals surface area contributed by atoms with Crippen molar-refractivity contribution in [3.63, 3.8) is 0 Å². The second-order valence-corrected chi connectivity index (χ2v) is 8.41. The van der Waals surface area contributed by atoms with Gasteiger partial charge in [-0.15, -0.1) is 10.2 Å². The summed E-state index contributed by atoms with van der Waals surface area (Å²) in [4.78, 5) is 24.1. The summed E-state index contributed by atoms with van der Waals surface area (Å²) in [7, 11) is 0. The highest BCUT2D eigenvalue weighted by Gasteiger charge is 2.28. The molecule has 0 spiro atoms. The number of thioether (sulfide) groups is 1. The molecule has 0 aliphatic carbocycles. The Bertz CT molecular complexity index is 1160. The predicted octanol–water partition coefficient (Wildman–Crippen LogP) is 3.20. The van der Waals surface area contributed by atoms with E-state index >= 15 is 0 Å². The Balaban J connectivity index is 1.20. The zero-order valence-corrected chi connectivity index (χ0v) is 17.3. The molecule has 2 aliphatic rings. The van der Waals surface area contributed by atoms with Crippen LogP contribution in [0, 0.1) is 0 Å². The molecule has 2 amide bonds. The molecular formula is C21H18N4O5S. The molecule has 158 valence electrons. The van der Waals surface area contributed by atoms with Gasteiger partial charge in [0.25, 0.3) is 11.1 Å². The summed E-state index contributed by atoms with van der Waals surface area (Å²) in [5.41, 5.74) is 2.27. The first kappa shape index (κ1) is 19.4. The number of rotatable bonds is 5. The quantitative estimate of drug-likeness (QED) is 0.584. The number of ether oxygens (including phenoxy) is 2. The largest absolute Gasteiger partial charge is 0.485 e. The Morgan fingerprint density at radius 1 is 1.23 bits per heavy atom. The van der Waals surface area contributed by atoms with E-state index < -0.39 is 11.4 Å². The maximum absolute atomic E-state index is 12.6. The molecule has 5 rings (SSSR count). The van der Waals surface area contributed by atoms with Gasteiger partial charge in [-0.25, -0.2) is 0 Å². The van der Waals surface area contributed by atoms with Gasteiger partial charge in [-0.1, -0.05) is 23.9 Å². The van der Waals surface area contributed by atoms with Gasteiger partial charge < -0.3 is 24.5 Å². The third-order valence-electron chi connectivity index (χ3n) is 4.85. The molecule has 9 nitrogen and oxygen atoms in total. The lowest BCUT2D eigenvalue weighted by Crippen LogP contribution is -2.22. The van der Waals surface area contributed by atoms with Crippen LogP contribution in [0.5, 0.6) is 11.5 Å². The van der Waals surface area contributed by atoms with E-state index in [1.807, 2.05) is 24.3 Å². The van der Waals surface area contributed by atoms with Gasteiger partial charge in [0.15, 0.2) is 11.5 Å². The molecule has 0 saturated heterocycles. The van der Waals surface area contributed by atoms with Gasteiger partial charge >= 0.3 is 0 Å². The summed E-state index contributed by atoms with van der Waals surface area (Å²) in [5, 5.41) is 13.5. The van der Waals surface area contributed by atoms with Crippen molar-refractivity contribution in [2.24, 2.45) is 0 Å². The van der Waals surface area contributed by atoms with E-state index in [0.717, 1.165) is 23.0 Å². The van der Waals surface area contributed by atoms with Crippen molar-refractivity contribution in [2.75, 3.05) is 17.2 Å². The molecule has 31 heavy (non-hydrogen) atoms. The van der Waals surface area contributed by atoms with Crippen LogP contribution in [-0.4, -0.2) is 33.9 Å². The number of nitrogens with one attached hydrogen (secondary N) is 2. The van der Waals surface area contributed by atoms with Crippen molar-refractivity contribution >= 4 is 35.0 Å². The van der Waals surface area contributed by atoms with Crippen LogP contribution in [0.25, 0.3) is 0 Å². The predicted molar refractivity (Wildman–Crippen MR) is 112 cm³/mol. The first-order valence-corrected chi connectivity index (χ1v) is 10.6. The Morgan fingerprint density at radius 3 is 2.94 bits per heavy atom. The molecule has 0 unspecified atom stereocenters. The van der Waals surface area contributed by atoms with E-state index in [9.17, 15) is 9.59 Å². The van der Waals surface area contributed by atoms with Gasteiger partial charge in [0.2, 0.25) is 17.9 Å². The smallest absolute Gasteiger partial charge is 0.277 e. The normalized spacial score (nSPS) is 17.6. The fraction of sp³-hybridized carbons (Fsp3) is 0.238. The lowest BCUT2D eigenvalue weighted by atomic mass is 10.1. The highest BCUT2D eigenvalue weighted by Crippen LogP contribution is 2.36. The molecule has 2 N–H and O–H groups in total. The number of aromatic nitrogens is 2. The summed E-state index contributed by atoms with van der Waals surface area (Å²) in [5.74, 6) is 1.31. The number of carbonyl (C=O) groups excluding carboxylic acids is 2. The number of amides is 2. The topological polar surface area (TPSA) is 116 Å². The molecular weight excluding hydrogens is 420 g/mol. The number of hydrogen-bond donors (Lipinski definition) is 2. The number of nitrogens with zero attached hydrogens (tertiary/aromatic N) is 2. The Kier molecular flexibility index (Phi) is 4.99. The Morgan fingerprint density at radius 2 is 2.06 bits per heavy atom. The number of benzene rings is 2. The van der Waals surface area contributed by atoms with Crippen molar-refractivity contribution in [1.82, 2.24) is 10.2 Å². The molecule has 1 aromatic heterocycles. The highest BCUT2D eigenvalue weighted by atomic mass is 32.2. The first-order chi connectivity index (χ1) is 15.0. The van der Waals surface area contributed by atoms with Crippen LogP contribution in [0.3, 0.4) is 0 Å². The number of anilines is 2. The maximum atomic E-state index is 12.6. The van der Waals surface area contributed by atoms with Gasteiger partial charge in [-0.05, 0) is 42.8 Å². The van der Waals surface area contributed by atoms with Crippen LogP contribution in [0.15, 0.2) is 52.1 Å². The first-order valence-electron chi connectivity index (χ1n) is 9.67. The molecule has 0 saturated carbocycles. The fourth-order valence-electron chi connectivity index (χ4n) is 3.30. The fourth-order valence-corrected chi connectivity index (χ4v) is 3.98. The number of carbonyl (C=O) groups is 2. The van der Waals surface area contributed by atoms with Crippen LogP contribution >= 0.6 is 11.8 Å². The maximum Gasteiger partial charge on any atom is 0.277 e. The van der Waals surface area contributed by atoms with Crippen molar-refractivity contribution < 1.29 is 23.5 Å². The van der Waals surface area contributed by atoms with E-state index in [4.69, 9.17) is 13.9 Å². The molecule has 0 fully saturated rings. The van der Waals surface area contributed by atoms with Gasteiger partial charge in [-0.2, -0.15) is 0 Å². The average molecular weight is 438 g/mol. The summed E-state index contributed by atoms with van der Waals surface area (Å²) in [6.45, 7) is 2.01. The van der Waals surface area contributed by atoms with Gasteiger partial charge in [0.05, 0.1) is 11.7 Å². The molecule has 2 aliphatic heterocycles. The summed E-state index contributed by atoms with van der Waals surface area (Å²) in [6, 6.07) is 12.7. The van der Waals surface area contributed by atoms with Gasteiger partial charge in [0, 0.05) is 11.4 Å². The lowest BCUT2D eigenvalue weighted by Gasteiger charge is -2.23. The van der Waals surface area contributed by atoms with E-state index in [-0.39, 0.29) is 23.6 Å². The van der Waals surface area contributed by atoms with Crippen LogP contribution in [0.1, 0.15) is 24.5 Å². The van der Waals surface area contributed by atoms with Crippen molar-refractivity contribution in [1.29, 1.82) is 0 Å². The minimum absolute atomic E-state index is 0.0505. The van der Waals surface area contributed by atoms with Crippen molar-refractivity contribution in [3.05, 3.63) is 53.9 Å². The minimum atomic E-state index is -0.511. The zero-order valence-electron chi connectivity index (χ0n) is 16.5. The second kappa shape index (κ2) is 7.95. The van der Waals surface area contributed by atoms with Crippen molar-refractivity contribution in [3.8, 4) is 11.5 Å². The minimum Gasteiger partial charge on any atom is -0.485 e. The zero-order chi connectivity index (χ0) is 21.4. The van der Waals surface area contributed by atoms with Crippen LogP contribution in [0.4, 0.5) is 11.4 Å².